The van der Waals surface area contributed by atoms with E-state index in [0.29, 0.717) is 44.2 Å². The third kappa shape index (κ3) is 4.66. The summed E-state index contributed by atoms with van der Waals surface area (Å²) in [6.07, 6.45) is 2.60. The first-order valence-electron chi connectivity index (χ1n) is 10.6. The minimum Gasteiger partial charge on any atom is -0.459 e. The second-order valence-electron chi connectivity index (χ2n) is 7.70. The molecule has 0 spiro atoms. The van der Waals surface area contributed by atoms with Crippen LogP contribution in [0.25, 0.3) is 11.7 Å². The van der Waals surface area contributed by atoms with Gasteiger partial charge in [-0.1, -0.05) is 30.3 Å². The Labute approximate surface area is 194 Å². The molecular formula is C24H21N5O3S. The normalized spacial score (nSPS) is 13.8. The number of oxazole rings is 1. The summed E-state index contributed by atoms with van der Waals surface area (Å²) in [6, 6.07) is 15.7. The van der Waals surface area contributed by atoms with Crippen LogP contribution in [0.1, 0.15) is 22.0 Å². The third-order valence-electron chi connectivity index (χ3n) is 5.50. The van der Waals surface area contributed by atoms with E-state index < -0.39 is 0 Å². The minimum absolute atomic E-state index is 0.0561. The average molecular weight is 460 g/mol. The first-order valence-corrected chi connectivity index (χ1v) is 11.5. The molecule has 0 unspecified atom stereocenters. The average Bonchev–Trinajstić information content (AvgIpc) is 3.61. The second-order valence-corrected chi connectivity index (χ2v) is 8.64. The Bertz CT molecular complexity index is 1270. The van der Waals surface area contributed by atoms with Crippen LogP contribution in [-0.2, 0) is 17.6 Å². The molecule has 1 aliphatic heterocycles. The van der Waals surface area contributed by atoms with E-state index in [1.54, 1.807) is 23.5 Å². The van der Waals surface area contributed by atoms with Gasteiger partial charge in [0.05, 0.1) is 23.4 Å². The van der Waals surface area contributed by atoms with Crippen molar-refractivity contribution in [2.24, 2.45) is 0 Å². The molecule has 1 amide bonds. The predicted octanol–water partition coefficient (Wildman–Crippen LogP) is 3.74. The van der Waals surface area contributed by atoms with Crippen LogP contribution in [0.15, 0.2) is 62.9 Å². The van der Waals surface area contributed by atoms with Crippen LogP contribution in [0, 0.1) is 11.3 Å². The number of anilines is 1. The lowest BCUT2D eigenvalue weighted by molar-refractivity contribution is -0.130. The van der Waals surface area contributed by atoms with Crippen molar-refractivity contribution in [2.45, 2.75) is 12.8 Å². The lowest BCUT2D eigenvalue weighted by atomic mass is 10.2. The molecule has 0 aliphatic carbocycles. The van der Waals surface area contributed by atoms with Gasteiger partial charge < -0.3 is 18.6 Å². The van der Waals surface area contributed by atoms with Crippen molar-refractivity contribution in [3.8, 4) is 17.7 Å². The highest BCUT2D eigenvalue weighted by Gasteiger charge is 2.27. The second kappa shape index (κ2) is 9.30. The number of rotatable bonds is 6. The number of nitriles is 1. The third-order valence-corrected chi connectivity index (χ3v) is 6.39. The maximum absolute atomic E-state index is 12.8. The molecule has 1 saturated heterocycles. The van der Waals surface area contributed by atoms with Crippen LogP contribution in [0.4, 0.5) is 5.88 Å². The van der Waals surface area contributed by atoms with Crippen molar-refractivity contribution in [2.75, 3.05) is 31.1 Å². The first-order chi connectivity index (χ1) is 16.2. The fourth-order valence-electron chi connectivity index (χ4n) is 3.81. The Hall–Kier alpha value is -3.90. The fraction of sp³-hybridized carbons (Fsp3) is 0.250. The minimum atomic E-state index is 0.0561. The number of carbonyl (C=O) groups is 1. The first kappa shape index (κ1) is 21.0. The number of aromatic nitrogens is 2. The smallest absolute Gasteiger partial charge is 0.266 e. The molecule has 8 nitrogen and oxygen atoms in total. The van der Waals surface area contributed by atoms with Crippen LogP contribution in [0.5, 0.6) is 0 Å². The largest absolute Gasteiger partial charge is 0.459 e. The van der Waals surface area contributed by atoms with E-state index in [4.69, 9.17) is 8.83 Å². The Morgan fingerprint density at radius 1 is 1.09 bits per heavy atom. The number of hydrogen-bond acceptors (Lipinski definition) is 8. The highest BCUT2D eigenvalue weighted by Crippen LogP contribution is 2.29. The quantitative estimate of drug-likeness (QED) is 0.433. The van der Waals surface area contributed by atoms with E-state index in [0.717, 1.165) is 17.1 Å². The Balaban J connectivity index is 1.18. The van der Waals surface area contributed by atoms with Crippen molar-refractivity contribution in [1.82, 2.24) is 14.9 Å². The summed E-state index contributed by atoms with van der Waals surface area (Å²) >= 11 is 1.59. The number of carbonyl (C=O) groups excluding carboxylic acids is 1. The lowest BCUT2D eigenvalue weighted by Gasteiger charge is -2.34. The molecule has 0 N–H and O–H groups in total. The molecule has 0 atom stereocenters. The van der Waals surface area contributed by atoms with Gasteiger partial charge >= 0.3 is 0 Å². The summed E-state index contributed by atoms with van der Waals surface area (Å²) in [4.78, 5) is 25.5. The van der Waals surface area contributed by atoms with Gasteiger partial charge in [0.1, 0.15) is 6.07 Å². The summed E-state index contributed by atoms with van der Waals surface area (Å²) in [5.74, 6) is 1.22. The van der Waals surface area contributed by atoms with Gasteiger partial charge in [-0.25, -0.2) is 4.98 Å². The van der Waals surface area contributed by atoms with Gasteiger partial charge in [-0.3, -0.25) is 4.79 Å². The molecule has 166 valence electrons. The van der Waals surface area contributed by atoms with Crippen molar-refractivity contribution < 1.29 is 13.6 Å². The SMILES string of the molecule is N#Cc1nc(-c2ccco2)oc1N1CCN(C(=O)Cc2csc(Cc3ccccc3)n2)CC1. The molecule has 5 rings (SSSR count). The summed E-state index contributed by atoms with van der Waals surface area (Å²) in [7, 11) is 0. The van der Waals surface area contributed by atoms with E-state index in [1.165, 1.54) is 11.8 Å². The molecule has 0 saturated carbocycles. The summed E-state index contributed by atoms with van der Waals surface area (Å²) in [5.41, 5.74) is 2.23. The number of furan rings is 1. The molecule has 9 heteroatoms. The zero-order valence-electron chi connectivity index (χ0n) is 17.8. The van der Waals surface area contributed by atoms with Gasteiger partial charge in [-0.15, -0.1) is 11.3 Å². The topological polar surface area (TPSA) is 99.4 Å². The monoisotopic (exact) mass is 459 g/mol. The van der Waals surface area contributed by atoms with Gasteiger partial charge in [0.15, 0.2) is 5.76 Å². The van der Waals surface area contributed by atoms with Crippen LogP contribution < -0.4 is 4.90 Å². The molecule has 1 aromatic carbocycles. The summed E-state index contributed by atoms with van der Waals surface area (Å²) in [6.45, 7) is 2.20. The van der Waals surface area contributed by atoms with E-state index in [9.17, 15) is 10.1 Å². The van der Waals surface area contributed by atoms with Crippen molar-refractivity contribution in [1.29, 1.82) is 5.26 Å². The number of benzene rings is 1. The van der Waals surface area contributed by atoms with Gasteiger partial charge in [-0.2, -0.15) is 10.2 Å². The van der Waals surface area contributed by atoms with Crippen molar-refractivity contribution in [3.05, 3.63) is 76.1 Å². The number of nitrogens with zero attached hydrogens (tertiary/aromatic N) is 5. The van der Waals surface area contributed by atoms with Crippen molar-refractivity contribution in [3.63, 3.8) is 0 Å². The highest BCUT2D eigenvalue weighted by molar-refractivity contribution is 7.09. The molecule has 4 aromatic rings. The molecule has 0 bridgehead atoms. The lowest BCUT2D eigenvalue weighted by Crippen LogP contribution is -2.49. The molecular weight excluding hydrogens is 438 g/mol. The zero-order chi connectivity index (χ0) is 22.6. The molecule has 3 aromatic heterocycles. The van der Waals surface area contributed by atoms with Crippen LogP contribution >= 0.6 is 11.3 Å². The number of amides is 1. The van der Waals surface area contributed by atoms with E-state index in [2.05, 4.69) is 28.2 Å². The standard InChI is InChI=1S/C24H21N5O3S/c25-15-19-24(32-23(27-19)20-7-4-12-31-20)29-10-8-28(9-11-29)22(30)14-18-16-33-21(26-18)13-17-5-2-1-3-6-17/h1-7,12,16H,8-11,13-14H2. The van der Waals surface area contributed by atoms with Gasteiger partial charge in [0, 0.05) is 38.0 Å². The van der Waals surface area contributed by atoms with E-state index in [1.807, 2.05) is 33.4 Å². The Kier molecular flexibility index (Phi) is 5.91. The number of hydrogen-bond donors (Lipinski definition) is 0. The zero-order valence-corrected chi connectivity index (χ0v) is 18.6. The molecule has 1 fully saturated rings. The number of piperazine rings is 1. The summed E-state index contributed by atoms with van der Waals surface area (Å²) < 4.78 is 11.1. The maximum Gasteiger partial charge on any atom is 0.266 e. The van der Waals surface area contributed by atoms with Crippen LogP contribution in [-0.4, -0.2) is 47.0 Å². The fourth-order valence-corrected chi connectivity index (χ4v) is 4.64. The van der Waals surface area contributed by atoms with E-state index >= 15 is 0 Å². The summed E-state index contributed by atoms with van der Waals surface area (Å²) in [5, 5.41) is 12.4. The number of thiazole rings is 1. The highest BCUT2D eigenvalue weighted by atomic mass is 32.1. The molecule has 0 radical (unpaired) electrons. The van der Waals surface area contributed by atoms with Gasteiger partial charge in [0.2, 0.25) is 17.5 Å². The van der Waals surface area contributed by atoms with Crippen LogP contribution in [0.3, 0.4) is 0 Å². The predicted molar refractivity (Wildman–Crippen MR) is 123 cm³/mol. The van der Waals surface area contributed by atoms with Crippen molar-refractivity contribution >= 4 is 23.1 Å². The molecule has 4 heterocycles. The van der Waals surface area contributed by atoms with Gasteiger partial charge in [-0.05, 0) is 17.7 Å². The van der Waals surface area contributed by atoms with E-state index in [-0.39, 0.29) is 17.5 Å². The Morgan fingerprint density at radius 3 is 2.64 bits per heavy atom. The Morgan fingerprint density at radius 2 is 1.91 bits per heavy atom. The van der Waals surface area contributed by atoms with Crippen LogP contribution in [0.2, 0.25) is 0 Å². The molecule has 33 heavy (non-hydrogen) atoms. The maximum atomic E-state index is 12.8. The molecule has 1 aliphatic rings. The van der Waals surface area contributed by atoms with Gasteiger partial charge in [0.25, 0.3) is 5.89 Å².